The van der Waals surface area contributed by atoms with Gasteiger partial charge in [-0.3, -0.25) is 4.79 Å². The van der Waals surface area contributed by atoms with Gasteiger partial charge in [0.1, 0.15) is 0 Å². The van der Waals surface area contributed by atoms with Gasteiger partial charge in [0, 0.05) is 38.3 Å². The number of nitrogens with zero attached hydrogens (tertiary/aromatic N) is 1. The first-order valence-corrected chi connectivity index (χ1v) is 6.31. The van der Waals surface area contributed by atoms with Gasteiger partial charge < -0.3 is 15.0 Å². The molecule has 1 aromatic rings. The van der Waals surface area contributed by atoms with Crippen LogP contribution >= 0.6 is 0 Å². The largest absolute Gasteiger partial charge is 0.380 e. The summed E-state index contributed by atoms with van der Waals surface area (Å²) >= 11 is 0. The topological polar surface area (TPSA) is 41.6 Å². The Morgan fingerprint density at radius 3 is 3.11 bits per heavy atom. The fraction of sp³-hybridized carbons (Fsp3) is 0.500. The molecular formula is C14H20N2O2. The maximum absolute atomic E-state index is 12.4. The highest BCUT2D eigenvalue weighted by atomic mass is 16.5. The molecule has 0 spiro atoms. The molecule has 1 amide bonds. The lowest BCUT2D eigenvalue weighted by Gasteiger charge is -2.32. The molecule has 1 saturated heterocycles. The highest BCUT2D eigenvalue weighted by Gasteiger charge is 2.21. The standard InChI is InChI=1S/C14H20N2O2/c1-11-9-16(7-6-15-11)14(17)13-5-3-4-12(8-13)10-18-2/h3-5,8,11,15H,6-7,9-10H2,1-2H3/t11-/m1/s1. The van der Waals surface area contributed by atoms with Crippen LogP contribution in [-0.4, -0.2) is 43.6 Å². The lowest BCUT2D eigenvalue weighted by Crippen LogP contribution is -2.51. The van der Waals surface area contributed by atoms with Gasteiger partial charge >= 0.3 is 0 Å². The van der Waals surface area contributed by atoms with Gasteiger partial charge in [0.25, 0.3) is 5.91 Å². The molecule has 0 radical (unpaired) electrons. The number of piperazine rings is 1. The van der Waals surface area contributed by atoms with Crippen molar-refractivity contribution in [2.24, 2.45) is 0 Å². The molecule has 0 aromatic heterocycles. The zero-order chi connectivity index (χ0) is 13.0. The Morgan fingerprint density at radius 2 is 2.39 bits per heavy atom. The van der Waals surface area contributed by atoms with E-state index >= 15 is 0 Å². The van der Waals surface area contributed by atoms with Gasteiger partial charge in [-0.05, 0) is 24.6 Å². The van der Waals surface area contributed by atoms with Crippen molar-refractivity contribution in [3.8, 4) is 0 Å². The Morgan fingerprint density at radius 1 is 1.56 bits per heavy atom. The third kappa shape index (κ3) is 3.09. The second-order valence-corrected chi connectivity index (χ2v) is 4.74. The fourth-order valence-corrected chi connectivity index (χ4v) is 2.26. The summed E-state index contributed by atoms with van der Waals surface area (Å²) in [6.07, 6.45) is 0. The summed E-state index contributed by atoms with van der Waals surface area (Å²) in [5, 5.41) is 3.34. The summed E-state index contributed by atoms with van der Waals surface area (Å²) in [7, 11) is 1.66. The van der Waals surface area contributed by atoms with E-state index in [9.17, 15) is 4.79 Å². The van der Waals surface area contributed by atoms with Gasteiger partial charge in [-0.15, -0.1) is 0 Å². The summed E-state index contributed by atoms with van der Waals surface area (Å²) in [6, 6.07) is 8.03. The smallest absolute Gasteiger partial charge is 0.253 e. The summed E-state index contributed by atoms with van der Waals surface area (Å²) in [4.78, 5) is 14.3. The number of hydrogen-bond acceptors (Lipinski definition) is 3. The van der Waals surface area contributed by atoms with Crippen LogP contribution in [0.25, 0.3) is 0 Å². The molecule has 18 heavy (non-hydrogen) atoms. The lowest BCUT2D eigenvalue weighted by molar-refractivity contribution is 0.0709. The van der Waals surface area contributed by atoms with Crippen LogP contribution in [0.4, 0.5) is 0 Å². The third-order valence-corrected chi connectivity index (χ3v) is 3.14. The predicted molar refractivity (Wildman–Crippen MR) is 70.5 cm³/mol. The van der Waals surface area contributed by atoms with E-state index in [4.69, 9.17) is 4.74 Å². The van der Waals surface area contributed by atoms with Crippen molar-refractivity contribution in [2.45, 2.75) is 19.6 Å². The van der Waals surface area contributed by atoms with Crippen LogP contribution in [0.2, 0.25) is 0 Å². The van der Waals surface area contributed by atoms with Crippen LogP contribution in [-0.2, 0) is 11.3 Å². The molecule has 2 rings (SSSR count). The van der Waals surface area contributed by atoms with Crippen molar-refractivity contribution in [2.75, 3.05) is 26.7 Å². The van der Waals surface area contributed by atoms with Crippen LogP contribution in [0.3, 0.4) is 0 Å². The quantitative estimate of drug-likeness (QED) is 0.876. The van der Waals surface area contributed by atoms with E-state index in [1.165, 1.54) is 0 Å². The number of ether oxygens (including phenoxy) is 1. The maximum atomic E-state index is 12.4. The minimum absolute atomic E-state index is 0.112. The van der Waals surface area contributed by atoms with Gasteiger partial charge in [0.05, 0.1) is 6.61 Å². The predicted octanol–water partition coefficient (Wildman–Crippen LogP) is 1.27. The monoisotopic (exact) mass is 248 g/mol. The molecule has 1 aliphatic rings. The van der Waals surface area contributed by atoms with Gasteiger partial charge in [0.15, 0.2) is 0 Å². The Balaban J connectivity index is 2.10. The number of hydrogen-bond donors (Lipinski definition) is 1. The third-order valence-electron chi connectivity index (χ3n) is 3.14. The number of carbonyl (C=O) groups excluding carboxylic acids is 1. The molecular weight excluding hydrogens is 228 g/mol. The van der Waals surface area contributed by atoms with Gasteiger partial charge in [-0.2, -0.15) is 0 Å². The molecule has 0 aliphatic carbocycles. The first kappa shape index (κ1) is 13.1. The van der Waals surface area contributed by atoms with Crippen molar-refractivity contribution in [3.63, 3.8) is 0 Å². The number of methoxy groups -OCH3 is 1. The van der Waals surface area contributed by atoms with Crippen LogP contribution < -0.4 is 5.32 Å². The molecule has 0 saturated carbocycles. The minimum Gasteiger partial charge on any atom is -0.380 e. The molecule has 1 aliphatic heterocycles. The van der Waals surface area contributed by atoms with Gasteiger partial charge in [0.2, 0.25) is 0 Å². The Labute approximate surface area is 108 Å². The SMILES string of the molecule is COCc1cccc(C(=O)N2CCN[C@H](C)C2)c1. The molecule has 4 heteroatoms. The van der Waals surface area contributed by atoms with E-state index in [2.05, 4.69) is 12.2 Å². The van der Waals surface area contributed by atoms with E-state index < -0.39 is 0 Å². The lowest BCUT2D eigenvalue weighted by atomic mass is 10.1. The van der Waals surface area contributed by atoms with Crippen LogP contribution in [0.1, 0.15) is 22.8 Å². The average molecular weight is 248 g/mol. The van der Waals surface area contributed by atoms with E-state index in [0.717, 1.165) is 30.8 Å². The normalized spacial score (nSPS) is 19.9. The molecule has 1 aromatic carbocycles. The number of nitrogens with one attached hydrogen (secondary N) is 1. The molecule has 4 nitrogen and oxygen atoms in total. The van der Waals surface area contributed by atoms with Crippen molar-refractivity contribution >= 4 is 5.91 Å². The summed E-state index contributed by atoms with van der Waals surface area (Å²) < 4.78 is 5.09. The van der Waals surface area contributed by atoms with Gasteiger partial charge in [-0.25, -0.2) is 0 Å². The molecule has 1 heterocycles. The van der Waals surface area contributed by atoms with Crippen LogP contribution in [0.5, 0.6) is 0 Å². The molecule has 0 bridgehead atoms. The second kappa shape index (κ2) is 5.98. The number of carbonyl (C=O) groups is 1. The molecule has 0 unspecified atom stereocenters. The van der Waals surface area contributed by atoms with Crippen LogP contribution in [0, 0.1) is 0 Å². The Hall–Kier alpha value is -1.39. The number of rotatable bonds is 3. The van der Waals surface area contributed by atoms with Crippen molar-refractivity contribution in [1.29, 1.82) is 0 Å². The van der Waals surface area contributed by atoms with Crippen molar-refractivity contribution in [3.05, 3.63) is 35.4 Å². The number of benzene rings is 1. The van der Waals surface area contributed by atoms with E-state index in [0.29, 0.717) is 12.6 Å². The second-order valence-electron chi connectivity index (χ2n) is 4.74. The maximum Gasteiger partial charge on any atom is 0.253 e. The molecule has 1 N–H and O–H groups in total. The zero-order valence-electron chi connectivity index (χ0n) is 11.0. The summed E-state index contributed by atoms with van der Waals surface area (Å²) in [5.41, 5.74) is 1.78. The minimum atomic E-state index is 0.112. The first-order chi connectivity index (χ1) is 8.70. The summed E-state index contributed by atoms with van der Waals surface area (Å²) in [5.74, 6) is 0.112. The first-order valence-electron chi connectivity index (χ1n) is 6.31. The Bertz CT molecular complexity index is 420. The van der Waals surface area contributed by atoms with Crippen LogP contribution in [0.15, 0.2) is 24.3 Å². The van der Waals surface area contributed by atoms with Crippen molar-refractivity contribution in [1.82, 2.24) is 10.2 Å². The average Bonchev–Trinajstić information content (AvgIpc) is 2.39. The van der Waals surface area contributed by atoms with Gasteiger partial charge in [-0.1, -0.05) is 12.1 Å². The van der Waals surface area contributed by atoms with E-state index in [1.807, 2.05) is 29.2 Å². The zero-order valence-corrected chi connectivity index (χ0v) is 11.0. The van der Waals surface area contributed by atoms with E-state index in [1.54, 1.807) is 7.11 Å². The van der Waals surface area contributed by atoms with E-state index in [-0.39, 0.29) is 5.91 Å². The Kier molecular flexibility index (Phi) is 4.33. The summed E-state index contributed by atoms with van der Waals surface area (Å²) in [6.45, 7) is 5.05. The molecule has 1 fully saturated rings. The van der Waals surface area contributed by atoms with Crippen molar-refractivity contribution < 1.29 is 9.53 Å². The number of amides is 1. The fourth-order valence-electron chi connectivity index (χ4n) is 2.26. The highest BCUT2D eigenvalue weighted by molar-refractivity contribution is 5.94. The molecule has 98 valence electrons. The molecule has 1 atom stereocenters. The highest BCUT2D eigenvalue weighted by Crippen LogP contribution is 2.11.